The Morgan fingerprint density at radius 3 is 2.92 bits per heavy atom. The van der Waals surface area contributed by atoms with Crippen LogP contribution in [0.15, 0.2) is 17.1 Å². The molecule has 0 heterocycles. The molecule has 0 aliphatic heterocycles. The molecule has 1 rings (SSSR count). The lowest BCUT2D eigenvalue weighted by Gasteiger charge is -2.03. The Balaban J connectivity index is 3.16. The molecule has 0 spiro atoms. The molecule has 1 N–H and O–H groups in total. The molecule has 0 saturated heterocycles. The third-order valence-electron chi connectivity index (χ3n) is 1.48. The highest BCUT2D eigenvalue weighted by atomic mass is 35.5. The fraction of sp³-hybridized carbons (Fsp3) is 0.125. The lowest BCUT2D eigenvalue weighted by atomic mass is 10.2. The summed E-state index contributed by atoms with van der Waals surface area (Å²) in [5, 5.41) is 9.27. The Morgan fingerprint density at radius 1 is 1.62 bits per heavy atom. The van der Waals surface area contributed by atoms with Gasteiger partial charge in [-0.05, 0) is 12.1 Å². The predicted octanol–water partition coefficient (Wildman–Crippen LogP) is 2.02. The first-order valence-electron chi connectivity index (χ1n) is 3.36. The normalized spacial score (nSPS) is 9.38. The highest BCUT2D eigenvalue weighted by molar-refractivity contribution is 6.32. The summed E-state index contributed by atoms with van der Waals surface area (Å²) in [4.78, 5) is 12.9. The zero-order chi connectivity index (χ0) is 9.84. The molecule has 0 amide bonds. The fourth-order valence-corrected chi connectivity index (χ4v) is 1.02. The molecular weight excluding hydrogens is 197 g/mol. The van der Waals surface area contributed by atoms with Crippen molar-refractivity contribution in [2.24, 2.45) is 4.99 Å². The van der Waals surface area contributed by atoms with Gasteiger partial charge in [-0.2, -0.15) is 0 Å². The number of benzene rings is 1. The van der Waals surface area contributed by atoms with Gasteiger partial charge in [0.25, 0.3) is 0 Å². The molecule has 0 unspecified atom stereocenters. The Kier molecular flexibility index (Phi) is 3.01. The third-order valence-corrected chi connectivity index (χ3v) is 1.78. The van der Waals surface area contributed by atoms with Gasteiger partial charge in [0.1, 0.15) is 11.6 Å². The van der Waals surface area contributed by atoms with Crippen LogP contribution in [-0.4, -0.2) is 11.2 Å². The molecule has 0 aliphatic rings. The summed E-state index contributed by atoms with van der Waals surface area (Å²) in [5.74, 6) is -1.04. The molecule has 13 heavy (non-hydrogen) atoms. The van der Waals surface area contributed by atoms with E-state index in [0.717, 1.165) is 6.07 Å². The van der Waals surface area contributed by atoms with Crippen molar-refractivity contribution in [3.63, 3.8) is 0 Å². The first-order valence-corrected chi connectivity index (χ1v) is 3.74. The first kappa shape index (κ1) is 9.71. The van der Waals surface area contributed by atoms with Crippen LogP contribution in [0.25, 0.3) is 0 Å². The number of hydrogen-bond donors (Lipinski definition) is 1. The molecule has 5 heteroatoms. The lowest BCUT2D eigenvalue weighted by molar-refractivity contribution is 0.459. The number of phenolic OH excluding ortho intramolecular Hbond substituents is 1. The fourth-order valence-electron chi connectivity index (χ4n) is 0.845. The number of nitrogens with zero attached hydrogens (tertiary/aromatic N) is 1. The molecule has 0 radical (unpaired) electrons. The Morgan fingerprint density at radius 2 is 2.31 bits per heavy atom. The zero-order valence-electron chi connectivity index (χ0n) is 6.42. The minimum atomic E-state index is -0.652. The Bertz CT molecular complexity index is 375. The zero-order valence-corrected chi connectivity index (χ0v) is 7.18. The number of aliphatic imine (C=N–C) groups is 1. The predicted molar refractivity (Wildman–Crippen MR) is 44.9 cm³/mol. The van der Waals surface area contributed by atoms with E-state index in [0.29, 0.717) is 0 Å². The second-order valence-electron chi connectivity index (χ2n) is 2.26. The second-order valence-corrected chi connectivity index (χ2v) is 2.67. The van der Waals surface area contributed by atoms with Gasteiger partial charge in [0.2, 0.25) is 6.08 Å². The van der Waals surface area contributed by atoms with Crippen LogP contribution in [0.4, 0.5) is 4.39 Å². The summed E-state index contributed by atoms with van der Waals surface area (Å²) in [6.07, 6.45) is 1.24. The molecule has 68 valence electrons. The van der Waals surface area contributed by atoms with E-state index in [2.05, 4.69) is 4.99 Å². The van der Waals surface area contributed by atoms with Crippen LogP contribution in [0.3, 0.4) is 0 Å². The number of isocyanates is 1. The van der Waals surface area contributed by atoms with Gasteiger partial charge in [-0.3, -0.25) is 0 Å². The summed E-state index contributed by atoms with van der Waals surface area (Å²) < 4.78 is 12.9. The van der Waals surface area contributed by atoms with Crippen molar-refractivity contribution < 1.29 is 14.3 Å². The number of phenols is 1. The average molecular weight is 202 g/mol. The first-order chi connectivity index (χ1) is 6.16. The monoisotopic (exact) mass is 201 g/mol. The number of halogens is 2. The van der Waals surface area contributed by atoms with E-state index in [4.69, 9.17) is 11.6 Å². The molecule has 0 saturated carbocycles. The van der Waals surface area contributed by atoms with Crippen LogP contribution in [-0.2, 0) is 11.3 Å². The maximum atomic E-state index is 12.9. The van der Waals surface area contributed by atoms with Crippen molar-refractivity contribution in [2.45, 2.75) is 6.54 Å². The average Bonchev–Trinajstić information content (AvgIpc) is 2.12. The molecule has 0 aliphatic carbocycles. The highest BCUT2D eigenvalue weighted by Crippen LogP contribution is 2.29. The molecule has 1 aromatic rings. The number of carbonyl (C=O) groups excluding carboxylic acids is 1. The summed E-state index contributed by atoms with van der Waals surface area (Å²) in [6, 6.07) is 2.32. The van der Waals surface area contributed by atoms with Gasteiger partial charge in [0, 0.05) is 0 Å². The molecular formula is C8H5ClFNO2. The summed E-state index contributed by atoms with van der Waals surface area (Å²) >= 11 is 5.51. The number of rotatable bonds is 2. The molecule has 0 aromatic heterocycles. The minimum Gasteiger partial charge on any atom is -0.506 e. The maximum absolute atomic E-state index is 12.9. The van der Waals surface area contributed by atoms with E-state index in [9.17, 15) is 14.3 Å². The molecule has 3 nitrogen and oxygen atoms in total. The standard InChI is InChI=1S/C8H5ClFNO2/c9-6-1-2-7(10)5(8(6)13)3-11-4-12/h1-2,13H,3H2. The SMILES string of the molecule is O=C=NCc1c(F)ccc(Cl)c1O. The van der Waals surface area contributed by atoms with Gasteiger partial charge in [0.05, 0.1) is 17.1 Å². The molecule has 0 fully saturated rings. The molecule has 0 atom stereocenters. The van der Waals surface area contributed by atoms with Crippen LogP contribution in [0.2, 0.25) is 5.02 Å². The topological polar surface area (TPSA) is 49.7 Å². The van der Waals surface area contributed by atoms with E-state index in [1.807, 2.05) is 0 Å². The van der Waals surface area contributed by atoms with E-state index in [-0.39, 0.29) is 22.9 Å². The van der Waals surface area contributed by atoms with Crippen LogP contribution in [0.5, 0.6) is 5.75 Å². The second kappa shape index (κ2) is 4.03. The van der Waals surface area contributed by atoms with Crippen LogP contribution in [0.1, 0.15) is 5.56 Å². The Labute approximate surface area is 78.5 Å². The van der Waals surface area contributed by atoms with Crippen LogP contribution in [0, 0.1) is 5.82 Å². The van der Waals surface area contributed by atoms with E-state index >= 15 is 0 Å². The maximum Gasteiger partial charge on any atom is 0.235 e. The quantitative estimate of drug-likeness (QED) is 0.588. The van der Waals surface area contributed by atoms with Crippen molar-refractivity contribution in [3.05, 3.63) is 28.5 Å². The number of aromatic hydroxyl groups is 1. The van der Waals surface area contributed by atoms with Crippen molar-refractivity contribution in [1.29, 1.82) is 0 Å². The van der Waals surface area contributed by atoms with Gasteiger partial charge >= 0.3 is 0 Å². The van der Waals surface area contributed by atoms with Gasteiger partial charge in [-0.25, -0.2) is 14.2 Å². The minimum absolute atomic E-state index is 0.0255. The number of hydrogen-bond acceptors (Lipinski definition) is 3. The lowest BCUT2D eigenvalue weighted by Crippen LogP contribution is -1.89. The van der Waals surface area contributed by atoms with Crippen LogP contribution >= 0.6 is 11.6 Å². The smallest absolute Gasteiger partial charge is 0.235 e. The largest absolute Gasteiger partial charge is 0.506 e. The van der Waals surface area contributed by atoms with E-state index < -0.39 is 5.82 Å². The summed E-state index contributed by atoms with van der Waals surface area (Å²) in [6.45, 7) is -0.262. The van der Waals surface area contributed by atoms with E-state index in [1.165, 1.54) is 12.1 Å². The molecule has 1 aromatic carbocycles. The Hall–Kier alpha value is -1.38. The van der Waals surface area contributed by atoms with Gasteiger partial charge in [0.15, 0.2) is 0 Å². The van der Waals surface area contributed by atoms with E-state index in [1.54, 1.807) is 0 Å². The summed E-state index contributed by atoms with van der Waals surface area (Å²) in [5.41, 5.74) is -0.101. The van der Waals surface area contributed by atoms with Crippen LogP contribution < -0.4 is 0 Å². The van der Waals surface area contributed by atoms with Gasteiger partial charge in [-0.1, -0.05) is 11.6 Å². The molecule has 0 bridgehead atoms. The van der Waals surface area contributed by atoms with Crippen molar-refractivity contribution >= 4 is 17.7 Å². The van der Waals surface area contributed by atoms with Crippen molar-refractivity contribution in [1.82, 2.24) is 0 Å². The van der Waals surface area contributed by atoms with Crippen molar-refractivity contribution in [2.75, 3.05) is 0 Å². The third kappa shape index (κ3) is 2.05. The highest BCUT2D eigenvalue weighted by Gasteiger charge is 2.10. The van der Waals surface area contributed by atoms with Gasteiger partial charge in [-0.15, -0.1) is 0 Å². The summed E-state index contributed by atoms with van der Waals surface area (Å²) in [7, 11) is 0. The van der Waals surface area contributed by atoms with Crippen molar-refractivity contribution in [3.8, 4) is 5.75 Å². The van der Waals surface area contributed by atoms with Gasteiger partial charge < -0.3 is 5.11 Å².